The molecule has 7 heteroatoms. The van der Waals surface area contributed by atoms with Crippen molar-refractivity contribution in [2.45, 2.75) is 32.6 Å². The van der Waals surface area contributed by atoms with Crippen LogP contribution >= 0.6 is 11.3 Å². The van der Waals surface area contributed by atoms with Crippen molar-refractivity contribution in [2.75, 3.05) is 6.61 Å². The summed E-state index contributed by atoms with van der Waals surface area (Å²) in [6.45, 7) is 1.66. The molecule has 1 aromatic rings. The van der Waals surface area contributed by atoms with Gasteiger partial charge in [0.2, 0.25) is 0 Å². The predicted molar refractivity (Wildman–Crippen MR) is 78.1 cm³/mol. The van der Waals surface area contributed by atoms with Crippen LogP contribution in [0, 0.1) is 5.92 Å². The summed E-state index contributed by atoms with van der Waals surface area (Å²) in [5.41, 5.74) is 6.01. The fourth-order valence-electron chi connectivity index (χ4n) is 2.42. The van der Waals surface area contributed by atoms with Crippen LogP contribution < -0.4 is 11.1 Å². The minimum atomic E-state index is -0.965. The maximum absolute atomic E-state index is 11.9. The zero-order valence-corrected chi connectivity index (χ0v) is 12.6. The van der Waals surface area contributed by atoms with Crippen molar-refractivity contribution in [1.29, 1.82) is 0 Å². The SMILES string of the molecule is CCC1CCc2sc(C(=O)OCC(=O)NC(N)=O)cc2C1. The molecular weight excluding hydrogens is 292 g/mol. The highest BCUT2D eigenvalue weighted by atomic mass is 32.1. The molecule has 0 bridgehead atoms. The van der Waals surface area contributed by atoms with Gasteiger partial charge in [-0.2, -0.15) is 0 Å². The van der Waals surface area contributed by atoms with Crippen molar-refractivity contribution in [3.05, 3.63) is 21.4 Å². The van der Waals surface area contributed by atoms with Gasteiger partial charge in [0.1, 0.15) is 4.88 Å². The van der Waals surface area contributed by atoms with E-state index in [1.54, 1.807) is 0 Å². The predicted octanol–water partition coefficient (Wildman–Crippen LogP) is 1.61. The van der Waals surface area contributed by atoms with E-state index < -0.39 is 24.5 Å². The Morgan fingerprint density at radius 1 is 1.48 bits per heavy atom. The molecule has 1 aliphatic carbocycles. The molecule has 0 saturated carbocycles. The Morgan fingerprint density at radius 2 is 2.24 bits per heavy atom. The lowest BCUT2D eigenvalue weighted by Crippen LogP contribution is -2.37. The van der Waals surface area contributed by atoms with Crippen LogP contribution in [0.2, 0.25) is 0 Å². The first-order chi connectivity index (χ1) is 9.99. The molecule has 6 nitrogen and oxygen atoms in total. The van der Waals surface area contributed by atoms with E-state index in [1.807, 2.05) is 11.4 Å². The Balaban J connectivity index is 1.93. The molecule has 1 atom stereocenters. The van der Waals surface area contributed by atoms with Gasteiger partial charge in [0.25, 0.3) is 5.91 Å². The molecule has 1 aliphatic rings. The summed E-state index contributed by atoms with van der Waals surface area (Å²) >= 11 is 1.42. The lowest BCUT2D eigenvalue weighted by Gasteiger charge is -2.19. The van der Waals surface area contributed by atoms with E-state index in [9.17, 15) is 14.4 Å². The van der Waals surface area contributed by atoms with Crippen LogP contribution in [0.3, 0.4) is 0 Å². The highest BCUT2D eigenvalue weighted by Crippen LogP contribution is 2.33. The first-order valence-corrected chi connectivity index (χ1v) is 7.69. The molecule has 1 unspecified atom stereocenters. The van der Waals surface area contributed by atoms with E-state index in [0.717, 1.165) is 25.7 Å². The number of esters is 1. The van der Waals surface area contributed by atoms with Gasteiger partial charge in [-0.05, 0) is 36.8 Å². The van der Waals surface area contributed by atoms with Crippen LogP contribution in [-0.2, 0) is 22.4 Å². The largest absolute Gasteiger partial charge is 0.451 e. The number of aryl methyl sites for hydroxylation is 1. The highest BCUT2D eigenvalue weighted by molar-refractivity contribution is 7.14. The smallest absolute Gasteiger partial charge is 0.348 e. The van der Waals surface area contributed by atoms with Crippen molar-refractivity contribution in [3.8, 4) is 0 Å². The second-order valence-corrected chi connectivity index (χ2v) is 6.20. The second-order valence-electron chi connectivity index (χ2n) is 5.06. The van der Waals surface area contributed by atoms with E-state index in [2.05, 4.69) is 6.92 Å². The van der Waals surface area contributed by atoms with E-state index in [4.69, 9.17) is 10.5 Å². The molecule has 21 heavy (non-hydrogen) atoms. The van der Waals surface area contributed by atoms with E-state index in [-0.39, 0.29) is 0 Å². The summed E-state index contributed by atoms with van der Waals surface area (Å²) in [6.07, 6.45) is 4.29. The quantitative estimate of drug-likeness (QED) is 0.825. The average molecular weight is 310 g/mol. The average Bonchev–Trinajstić information content (AvgIpc) is 2.86. The molecule has 3 N–H and O–H groups in total. The Bertz CT molecular complexity index is 567. The van der Waals surface area contributed by atoms with Gasteiger partial charge < -0.3 is 10.5 Å². The summed E-state index contributed by atoms with van der Waals surface area (Å²) in [5, 5.41) is 1.84. The van der Waals surface area contributed by atoms with E-state index >= 15 is 0 Å². The third-order valence-corrected chi connectivity index (χ3v) is 4.78. The Hall–Kier alpha value is -1.89. The van der Waals surface area contributed by atoms with Crippen LogP contribution in [-0.4, -0.2) is 24.5 Å². The van der Waals surface area contributed by atoms with Gasteiger partial charge in [0.05, 0.1) is 0 Å². The fraction of sp³-hybridized carbons (Fsp3) is 0.500. The van der Waals surface area contributed by atoms with Crippen molar-refractivity contribution < 1.29 is 19.1 Å². The van der Waals surface area contributed by atoms with Crippen molar-refractivity contribution in [2.24, 2.45) is 11.7 Å². The van der Waals surface area contributed by atoms with Crippen LogP contribution in [0.4, 0.5) is 4.79 Å². The number of amides is 3. The molecule has 0 saturated heterocycles. The Morgan fingerprint density at radius 3 is 2.90 bits per heavy atom. The summed E-state index contributed by atoms with van der Waals surface area (Å²) in [6, 6.07) is 0.893. The molecule has 1 aromatic heterocycles. The van der Waals surface area contributed by atoms with E-state index in [0.29, 0.717) is 10.8 Å². The summed E-state index contributed by atoms with van der Waals surface area (Å²) in [7, 11) is 0. The summed E-state index contributed by atoms with van der Waals surface area (Å²) < 4.78 is 4.87. The van der Waals surface area contributed by atoms with Crippen LogP contribution in [0.25, 0.3) is 0 Å². The zero-order valence-electron chi connectivity index (χ0n) is 11.8. The number of hydrogen-bond donors (Lipinski definition) is 2. The summed E-state index contributed by atoms with van der Waals surface area (Å²) in [4.78, 5) is 35.3. The van der Waals surface area contributed by atoms with Gasteiger partial charge in [-0.3, -0.25) is 10.1 Å². The molecule has 2 rings (SSSR count). The topological polar surface area (TPSA) is 98.5 Å². The standard InChI is InChI=1S/C14H18N2O4S/c1-2-8-3-4-10-9(5-8)6-11(21-10)13(18)20-7-12(17)16-14(15)19/h6,8H,2-5,7H2,1H3,(H3,15,16,17,19). The number of urea groups is 1. The van der Waals surface area contributed by atoms with Gasteiger partial charge in [-0.1, -0.05) is 13.3 Å². The first-order valence-electron chi connectivity index (χ1n) is 6.87. The van der Waals surface area contributed by atoms with Crippen molar-refractivity contribution in [1.82, 2.24) is 5.32 Å². The number of rotatable bonds is 4. The minimum Gasteiger partial charge on any atom is -0.451 e. The molecule has 0 aromatic carbocycles. The van der Waals surface area contributed by atoms with Gasteiger partial charge in [-0.15, -0.1) is 11.3 Å². The Labute approximate surface area is 126 Å². The number of carbonyl (C=O) groups is 3. The fourth-order valence-corrected chi connectivity index (χ4v) is 3.53. The number of nitrogens with one attached hydrogen (secondary N) is 1. The molecule has 114 valence electrons. The number of thiophene rings is 1. The molecular formula is C14H18N2O4S. The van der Waals surface area contributed by atoms with Crippen LogP contribution in [0.5, 0.6) is 0 Å². The van der Waals surface area contributed by atoms with Crippen molar-refractivity contribution in [3.63, 3.8) is 0 Å². The lowest BCUT2D eigenvalue weighted by atomic mass is 9.87. The maximum atomic E-state index is 11.9. The number of carbonyl (C=O) groups excluding carboxylic acids is 3. The molecule has 1 heterocycles. The molecule has 0 spiro atoms. The lowest BCUT2D eigenvalue weighted by molar-refractivity contribution is -0.123. The van der Waals surface area contributed by atoms with Gasteiger partial charge in [0.15, 0.2) is 6.61 Å². The van der Waals surface area contributed by atoms with E-state index in [1.165, 1.54) is 21.8 Å². The van der Waals surface area contributed by atoms with Gasteiger partial charge in [0, 0.05) is 4.88 Å². The van der Waals surface area contributed by atoms with Crippen molar-refractivity contribution >= 4 is 29.2 Å². The zero-order chi connectivity index (χ0) is 15.4. The molecule has 0 fully saturated rings. The number of primary amides is 1. The Kier molecular flexibility index (Phi) is 4.95. The monoisotopic (exact) mass is 310 g/mol. The number of fused-ring (bicyclic) bond motifs is 1. The van der Waals surface area contributed by atoms with Crippen LogP contribution in [0.1, 0.15) is 39.9 Å². The first kappa shape index (κ1) is 15.5. The second kappa shape index (κ2) is 6.71. The summed E-state index contributed by atoms with van der Waals surface area (Å²) in [5.74, 6) is -0.595. The van der Waals surface area contributed by atoms with Gasteiger partial charge >= 0.3 is 12.0 Å². The number of imide groups is 1. The number of ether oxygens (including phenoxy) is 1. The third-order valence-electron chi connectivity index (χ3n) is 3.56. The molecule has 0 radical (unpaired) electrons. The third kappa shape index (κ3) is 4.04. The highest BCUT2D eigenvalue weighted by Gasteiger charge is 2.23. The minimum absolute atomic E-state index is 0.503. The maximum Gasteiger partial charge on any atom is 0.348 e. The molecule has 0 aliphatic heterocycles. The molecule has 3 amide bonds. The number of hydrogen-bond acceptors (Lipinski definition) is 5. The number of nitrogens with two attached hydrogens (primary N) is 1. The van der Waals surface area contributed by atoms with Crippen LogP contribution in [0.15, 0.2) is 6.07 Å². The van der Waals surface area contributed by atoms with Gasteiger partial charge in [-0.25, -0.2) is 9.59 Å². The normalized spacial score (nSPS) is 16.9.